The third-order valence-electron chi connectivity index (χ3n) is 3.35. The fraction of sp³-hybridized carbons (Fsp3) is 0. The Kier molecular flexibility index (Phi) is 3.88. The van der Waals surface area contributed by atoms with Gasteiger partial charge in [0.25, 0.3) is 0 Å². The fourth-order valence-corrected chi connectivity index (χ4v) is 2.26. The van der Waals surface area contributed by atoms with Crippen LogP contribution in [-0.2, 0) is 0 Å². The van der Waals surface area contributed by atoms with Crippen molar-refractivity contribution in [2.45, 2.75) is 0 Å². The Morgan fingerprint density at radius 3 is 2.26 bits per heavy atom. The number of carbonyl (C=O) groups excluding carboxylic acids is 1. The van der Waals surface area contributed by atoms with Crippen LogP contribution in [0.5, 0.6) is 5.75 Å². The molecule has 0 unspecified atom stereocenters. The highest BCUT2D eigenvalue weighted by atomic mass is 16.3. The monoisotopic (exact) mass is 306 g/mol. The zero-order valence-corrected chi connectivity index (χ0v) is 12.1. The van der Waals surface area contributed by atoms with Crippen LogP contribution >= 0.6 is 0 Å². The third-order valence-corrected chi connectivity index (χ3v) is 3.35. The van der Waals surface area contributed by atoms with Gasteiger partial charge < -0.3 is 10.8 Å². The lowest BCUT2D eigenvalue weighted by Crippen LogP contribution is -2.15. The van der Waals surface area contributed by atoms with E-state index in [9.17, 15) is 9.90 Å². The number of aromatic nitrogens is 2. The Bertz CT molecular complexity index is 820. The lowest BCUT2D eigenvalue weighted by Gasteiger charge is -2.25. The highest BCUT2D eigenvalue weighted by Crippen LogP contribution is 2.35. The summed E-state index contributed by atoms with van der Waals surface area (Å²) in [5.41, 5.74) is 7.55. The number of rotatable bonds is 4. The molecule has 23 heavy (non-hydrogen) atoms. The lowest BCUT2D eigenvalue weighted by atomic mass is 10.2. The molecule has 3 rings (SSSR count). The second-order valence-corrected chi connectivity index (χ2v) is 4.80. The average molecular weight is 306 g/mol. The van der Waals surface area contributed by atoms with Crippen LogP contribution in [0.3, 0.4) is 0 Å². The van der Waals surface area contributed by atoms with E-state index < -0.39 is 0 Å². The summed E-state index contributed by atoms with van der Waals surface area (Å²) in [5, 5.41) is 9.50. The van der Waals surface area contributed by atoms with Crippen LogP contribution in [0.25, 0.3) is 0 Å². The SMILES string of the molecule is Nc1ncnc(N(c2ccccc2)c2ccc(O)cc2)c1C=O. The van der Waals surface area contributed by atoms with Crippen LogP contribution in [0, 0.1) is 0 Å². The predicted molar refractivity (Wildman–Crippen MR) is 88.2 cm³/mol. The lowest BCUT2D eigenvalue weighted by molar-refractivity contribution is 0.112. The van der Waals surface area contributed by atoms with Crippen molar-refractivity contribution in [3.05, 3.63) is 66.5 Å². The molecule has 0 aliphatic heterocycles. The van der Waals surface area contributed by atoms with Gasteiger partial charge in [-0.2, -0.15) is 0 Å². The summed E-state index contributed by atoms with van der Waals surface area (Å²) in [4.78, 5) is 21.3. The number of aldehydes is 1. The summed E-state index contributed by atoms with van der Waals surface area (Å²) < 4.78 is 0. The number of benzene rings is 2. The molecule has 1 aromatic heterocycles. The molecule has 6 nitrogen and oxygen atoms in total. The number of carbonyl (C=O) groups is 1. The minimum atomic E-state index is 0.115. The van der Waals surface area contributed by atoms with Crippen molar-refractivity contribution >= 4 is 29.3 Å². The van der Waals surface area contributed by atoms with Gasteiger partial charge in [-0.15, -0.1) is 0 Å². The van der Waals surface area contributed by atoms with Gasteiger partial charge in [-0.05, 0) is 36.4 Å². The third kappa shape index (κ3) is 2.82. The molecule has 2 aromatic carbocycles. The summed E-state index contributed by atoms with van der Waals surface area (Å²) in [6, 6.07) is 16.0. The number of para-hydroxylation sites is 1. The van der Waals surface area contributed by atoms with Gasteiger partial charge in [-0.25, -0.2) is 9.97 Å². The standard InChI is InChI=1S/C17H14N4O2/c18-16-15(10-22)17(20-11-19-16)21(12-4-2-1-3-5-12)13-6-8-14(23)9-7-13/h1-11,23H,(H2,18,19,20). The predicted octanol–water partition coefficient (Wildman–Crippen LogP) is 3.05. The van der Waals surface area contributed by atoms with Crippen LogP contribution < -0.4 is 10.6 Å². The van der Waals surface area contributed by atoms with Gasteiger partial charge in [0.1, 0.15) is 17.9 Å². The summed E-state index contributed by atoms with van der Waals surface area (Å²) >= 11 is 0. The molecular formula is C17H14N4O2. The van der Waals surface area contributed by atoms with Gasteiger partial charge in [0.2, 0.25) is 0 Å². The number of nitrogens with zero attached hydrogens (tertiary/aromatic N) is 3. The van der Waals surface area contributed by atoms with Crippen LogP contribution in [-0.4, -0.2) is 21.4 Å². The van der Waals surface area contributed by atoms with Gasteiger partial charge in [0.05, 0.1) is 5.56 Å². The molecule has 3 aromatic rings. The Morgan fingerprint density at radius 1 is 0.957 bits per heavy atom. The minimum absolute atomic E-state index is 0.115. The summed E-state index contributed by atoms with van der Waals surface area (Å²) in [6.45, 7) is 0. The van der Waals surface area contributed by atoms with Gasteiger partial charge in [-0.1, -0.05) is 18.2 Å². The maximum atomic E-state index is 11.4. The second kappa shape index (κ2) is 6.15. The van der Waals surface area contributed by atoms with Crippen molar-refractivity contribution in [1.82, 2.24) is 9.97 Å². The molecule has 0 amide bonds. The number of anilines is 4. The van der Waals surface area contributed by atoms with Crippen molar-refractivity contribution in [3.63, 3.8) is 0 Å². The van der Waals surface area contributed by atoms with E-state index in [0.717, 1.165) is 11.4 Å². The molecule has 0 bridgehead atoms. The molecule has 1 heterocycles. The van der Waals surface area contributed by atoms with Gasteiger partial charge >= 0.3 is 0 Å². The number of nitrogen functional groups attached to an aromatic ring is 1. The number of hydrogen-bond acceptors (Lipinski definition) is 6. The number of aromatic hydroxyl groups is 1. The Morgan fingerprint density at radius 2 is 1.61 bits per heavy atom. The van der Waals surface area contributed by atoms with Crippen LogP contribution in [0.15, 0.2) is 60.9 Å². The van der Waals surface area contributed by atoms with E-state index in [0.29, 0.717) is 12.1 Å². The molecule has 0 fully saturated rings. The molecule has 0 atom stereocenters. The fourth-order valence-electron chi connectivity index (χ4n) is 2.26. The first-order valence-electron chi connectivity index (χ1n) is 6.90. The Balaban J connectivity index is 2.23. The van der Waals surface area contributed by atoms with E-state index in [1.54, 1.807) is 29.2 Å². The number of hydrogen-bond donors (Lipinski definition) is 2. The van der Waals surface area contributed by atoms with Crippen molar-refractivity contribution in [1.29, 1.82) is 0 Å². The molecule has 0 radical (unpaired) electrons. The average Bonchev–Trinajstić information content (AvgIpc) is 2.58. The maximum absolute atomic E-state index is 11.4. The molecule has 0 aliphatic rings. The molecule has 0 saturated carbocycles. The van der Waals surface area contributed by atoms with E-state index in [2.05, 4.69) is 9.97 Å². The van der Waals surface area contributed by atoms with Crippen molar-refractivity contribution in [2.75, 3.05) is 10.6 Å². The molecular weight excluding hydrogens is 292 g/mol. The normalized spacial score (nSPS) is 10.3. The van der Waals surface area contributed by atoms with Crippen LogP contribution in [0.2, 0.25) is 0 Å². The van der Waals surface area contributed by atoms with E-state index in [1.165, 1.54) is 6.33 Å². The summed E-state index contributed by atoms with van der Waals surface area (Å²) in [6.07, 6.45) is 1.95. The zero-order chi connectivity index (χ0) is 16.2. The van der Waals surface area contributed by atoms with Crippen LogP contribution in [0.1, 0.15) is 10.4 Å². The largest absolute Gasteiger partial charge is 0.508 e. The molecule has 0 aliphatic carbocycles. The topological polar surface area (TPSA) is 92.3 Å². The van der Waals surface area contributed by atoms with Crippen molar-refractivity contribution < 1.29 is 9.90 Å². The highest BCUT2D eigenvalue weighted by molar-refractivity contribution is 5.92. The molecule has 114 valence electrons. The molecule has 0 saturated heterocycles. The zero-order valence-electron chi connectivity index (χ0n) is 12.1. The summed E-state index contributed by atoms with van der Waals surface area (Å²) in [5.74, 6) is 0.647. The number of nitrogens with two attached hydrogens (primary N) is 1. The molecule has 0 spiro atoms. The Hall–Kier alpha value is -3.41. The summed E-state index contributed by atoms with van der Waals surface area (Å²) in [7, 11) is 0. The first-order valence-corrected chi connectivity index (χ1v) is 6.90. The van der Waals surface area contributed by atoms with Gasteiger partial charge in [-0.3, -0.25) is 9.69 Å². The van der Waals surface area contributed by atoms with Crippen molar-refractivity contribution in [3.8, 4) is 5.75 Å². The second-order valence-electron chi connectivity index (χ2n) is 4.80. The van der Waals surface area contributed by atoms with Gasteiger partial charge in [0.15, 0.2) is 12.1 Å². The molecule has 3 N–H and O–H groups in total. The minimum Gasteiger partial charge on any atom is -0.508 e. The van der Waals surface area contributed by atoms with Crippen LogP contribution in [0.4, 0.5) is 23.0 Å². The molecule has 6 heteroatoms. The highest BCUT2D eigenvalue weighted by Gasteiger charge is 2.19. The van der Waals surface area contributed by atoms with E-state index in [-0.39, 0.29) is 17.1 Å². The number of phenols is 1. The van der Waals surface area contributed by atoms with E-state index in [1.807, 2.05) is 30.3 Å². The quantitative estimate of drug-likeness (QED) is 0.720. The van der Waals surface area contributed by atoms with E-state index >= 15 is 0 Å². The van der Waals surface area contributed by atoms with Crippen molar-refractivity contribution in [2.24, 2.45) is 0 Å². The Labute approximate surface area is 132 Å². The van der Waals surface area contributed by atoms with E-state index in [4.69, 9.17) is 5.73 Å². The van der Waals surface area contributed by atoms with Gasteiger partial charge in [0, 0.05) is 11.4 Å². The number of phenolic OH excluding ortho intramolecular Hbond substituents is 1. The first kappa shape index (κ1) is 14.5. The smallest absolute Gasteiger partial charge is 0.157 e. The first-order chi connectivity index (χ1) is 11.2. The maximum Gasteiger partial charge on any atom is 0.157 e.